The van der Waals surface area contributed by atoms with E-state index in [1.54, 1.807) is 17.9 Å². The van der Waals surface area contributed by atoms with Crippen LogP contribution in [0.2, 0.25) is 5.22 Å². The Morgan fingerprint density at radius 1 is 1.39 bits per heavy atom. The quantitative estimate of drug-likeness (QED) is 0.889. The smallest absolute Gasteiger partial charge is 0.287 e. The minimum absolute atomic E-state index is 0.0805. The highest BCUT2D eigenvalue weighted by Gasteiger charge is 2.23. The Morgan fingerprint density at radius 2 is 2.06 bits per heavy atom. The van der Waals surface area contributed by atoms with E-state index in [0.717, 1.165) is 12.8 Å². The topological polar surface area (TPSA) is 62.6 Å². The molecule has 0 atom stereocenters. The van der Waals surface area contributed by atoms with Gasteiger partial charge in [-0.2, -0.15) is 0 Å². The molecule has 2 heterocycles. The van der Waals surface area contributed by atoms with Crippen LogP contribution in [0.5, 0.6) is 0 Å². The number of nitrogens with one attached hydrogen (secondary N) is 1. The summed E-state index contributed by atoms with van der Waals surface area (Å²) in [6, 6.07) is 3.16. The summed E-state index contributed by atoms with van der Waals surface area (Å²) in [4.78, 5) is 24.7. The molecule has 98 valence electrons. The zero-order valence-electron chi connectivity index (χ0n) is 10.1. The van der Waals surface area contributed by atoms with Gasteiger partial charge in [0, 0.05) is 26.1 Å². The average Bonchev–Trinajstić information content (AvgIpc) is 2.76. The van der Waals surface area contributed by atoms with E-state index in [-0.39, 0.29) is 28.8 Å². The lowest BCUT2D eigenvalue weighted by molar-refractivity contribution is -0.129. The molecule has 5 nitrogen and oxygen atoms in total. The van der Waals surface area contributed by atoms with Crippen molar-refractivity contribution in [2.24, 2.45) is 0 Å². The number of carbonyl (C=O) groups excluding carboxylic acids is 2. The second-order valence-electron chi connectivity index (χ2n) is 4.36. The number of likely N-dealkylation sites (tertiary alicyclic amines) is 1. The standard InChI is InChI=1S/C12H15ClN2O3/c1-8(16)15-6-4-9(5-7-15)14-12(17)10-2-3-11(13)18-10/h2-3,9H,4-7H2,1H3,(H,14,17). The Labute approximate surface area is 110 Å². The van der Waals surface area contributed by atoms with Crippen molar-refractivity contribution in [2.45, 2.75) is 25.8 Å². The van der Waals surface area contributed by atoms with E-state index in [9.17, 15) is 9.59 Å². The molecule has 0 aliphatic carbocycles. The number of rotatable bonds is 2. The Bertz CT molecular complexity index is 450. The van der Waals surface area contributed by atoms with Gasteiger partial charge in [0.1, 0.15) is 0 Å². The van der Waals surface area contributed by atoms with Crippen molar-refractivity contribution < 1.29 is 14.0 Å². The first-order valence-electron chi connectivity index (χ1n) is 5.88. The van der Waals surface area contributed by atoms with Gasteiger partial charge in [-0.1, -0.05) is 0 Å². The third-order valence-electron chi connectivity index (χ3n) is 3.07. The molecule has 1 saturated heterocycles. The lowest BCUT2D eigenvalue weighted by atomic mass is 10.0. The maximum Gasteiger partial charge on any atom is 0.287 e. The van der Waals surface area contributed by atoms with E-state index < -0.39 is 0 Å². The van der Waals surface area contributed by atoms with Crippen LogP contribution in [0.1, 0.15) is 30.3 Å². The van der Waals surface area contributed by atoms with Crippen LogP contribution in [0, 0.1) is 0 Å². The lowest BCUT2D eigenvalue weighted by Gasteiger charge is -2.31. The summed E-state index contributed by atoms with van der Waals surface area (Å²) in [5.41, 5.74) is 0. The molecule has 0 bridgehead atoms. The zero-order chi connectivity index (χ0) is 13.1. The van der Waals surface area contributed by atoms with Crippen molar-refractivity contribution in [1.82, 2.24) is 10.2 Å². The number of piperidine rings is 1. The maximum absolute atomic E-state index is 11.8. The molecule has 18 heavy (non-hydrogen) atoms. The molecule has 6 heteroatoms. The highest BCUT2D eigenvalue weighted by molar-refractivity contribution is 6.29. The van der Waals surface area contributed by atoms with Gasteiger partial charge in [-0.15, -0.1) is 0 Å². The second-order valence-corrected chi connectivity index (χ2v) is 4.73. The van der Waals surface area contributed by atoms with Gasteiger partial charge in [0.2, 0.25) is 5.91 Å². The third-order valence-corrected chi connectivity index (χ3v) is 3.28. The predicted molar refractivity (Wildman–Crippen MR) is 66.5 cm³/mol. The molecular weight excluding hydrogens is 256 g/mol. The maximum atomic E-state index is 11.8. The summed E-state index contributed by atoms with van der Waals surface area (Å²) in [6.45, 7) is 2.92. The van der Waals surface area contributed by atoms with Gasteiger partial charge in [0.15, 0.2) is 11.0 Å². The number of hydrogen-bond donors (Lipinski definition) is 1. The largest absolute Gasteiger partial charge is 0.440 e. The fourth-order valence-electron chi connectivity index (χ4n) is 2.03. The van der Waals surface area contributed by atoms with Gasteiger partial charge in [-0.05, 0) is 36.6 Å². The summed E-state index contributed by atoms with van der Waals surface area (Å²) in [5, 5.41) is 3.08. The van der Waals surface area contributed by atoms with Gasteiger partial charge in [0.05, 0.1) is 0 Å². The normalized spacial score (nSPS) is 16.7. The van der Waals surface area contributed by atoms with E-state index in [0.29, 0.717) is 13.1 Å². The van der Waals surface area contributed by atoms with Gasteiger partial charge >= 0.3 is 0 Å². The lowest BCUT2D eigenvalue weighted by Crippen LogP contribution is -2.45. The monoisotopic (exact) mass is 270 g/mol. The molecule has 2 rings (SSSR count). The first-order valence-corrected chi connectivity index (χ1v) is 6.26. The van der Waals surface area contributed by atoms with Gasteiger partial charge < -0.3 is 14.6 Å². The molecule has 0 spiro atoms. The molecule has 1 aromatic rings. The van der Waals surface area contributed by atoms with E-state index >= 15 is 0 Å². The summed E-state index contributed by atoms with van der Waals surface area (Å²) in [6.07, 6.45) is 1.53. The van der Waals surface area contributed by atoms with E-state index in [2.05, 4.69) is 5.32 Å². The molecule has 0 saturated carbocycles. The predicted octanol–water partition coefficient (Wildman–Crippen LogP) is 1.67. The van der Waals surface area contributed by atoms with Crippen molar-refractivity contribution in [1.29, 1.82) is 0 Å². The molecule has 0 unspecified atom stereocenters. The number of nitrogens with zero attached hydrogens (tertiary/aromatic N) is 1. The third kappa shape index (κ3) is 3.04. The van der Waals surface area contributed by atoms with Crippen molar-refractivity contribution in [3.05, 3.63) is 23.1 Å². The molecule has 1 N–H and O–H groups in total. The highest BCUT2D eigenvalue weighted by atomic mass is 35.5. The molecule has 1 aliphatic rings. The number of amides is 2. The Morgan fingerprint density at radius 3 is 2.56 bits per heavy atom. The Kier molecular flexibility index (Phi) is 3.91. The minimum atomic E-state index is -0.261. The van der Waals surface area contributed by atoms with Crippen molar-refractivity contribution in [3.8, 4) is 0 Å². The Hall–Kier alpha value is -1.49. The fourth-order valence-corrected chi connectivity index (χ4v) is 2.18. The van der Waals surface area contributed by atoms with Crippen molar-refractivity contribution >= 4 is 23.4 Å². The van der Waals surface area contributed by atoms with Crippen LogP contribution in [-0.2, 0) is 4.79 Å². The molecule has 1 fully saturated rings. The number of carbonyl (C=O) groups is 2. The Balaban J connectivity index is 1.85. The number of hydrogen-bond acceptors (Lipinski definition) is 3. The van der Waals surface area contributed by atoms with Gasteiger partial charge in [-0.3, -0.25) is 9.59 Å². The first-order chi connectivity index (χ1) is 8.56. The van der Waals surface area contributed by atoms with Crippen LogP contribution < -0.4 is 5.32 Å². The molecule has 2 amide bonds. The number of furan rings is 1. The molecular formula is C12H15ClN2O3. The molecule has 0 radical (unpaired) electrons. The van der Waals surface area contributed by atoms with E-state index in [1.807, 2.05) is 0 Å². The average molecular weight is 271 g/mol. The first kappa shape index (κ1) is 13.0. The van der Waals surface area contributed by atoms with Gasteiger partial charge in [-0.25, -0.2) is 0 Å². The summed E-state index contributed by atoms with van der Waals surface area (Å²) in [7, 11) is 0. The SMILES string of the molecule is CC(=O)N1CCC(NC(=O)c2ccc(Cl)o2)CC1. The van der Waals surface area contributed by atoms with Crippen LogP contribution in [0.25, 0.3) is 0 Å². The van der Waals surface area contributed by atoms with Crippen LogP contribution in [0.3, 0.4) is 0 Å². The number of halogens is 1. The van der Waals surface area contributed by atoms with E-state index in [1.165, 1.54) is 6.07 Å². The fraction of sp³-hybridized carbons (Fsp3) is 0.500. The van der Waals surface area contributed by atoms with Crippen LogP contribution in [0.15, 0.2) is 16.5 Å². The second kappa shape index (κ2) is 5.44. The summed E-state index contributed by atoms with van der Waals surface area (Å²) >= 11 is 5.61. The van der Waals surface area contributed by atoms with Crippen LogP contribution >= 0.6 is 11.6 Å². The zero-order valence-corrected chi connectivity index (χ0v) is 10.9. The summed E-state index contributed by atoms with van der Waals surface area (Å²) < 4.78 is 5.04. The van der Waals surface area contributed by atoms with Crippen molar-refractivity contribution in [3.63, 3.8) is 0 Å². The molecule has 1 aliphatic heterocycles. The van der Waals surface area contributed by atoms with Crippen LogP contribution in [0.4, 0.5) is 0 Å². The van der Waals surface area contributed by atoms with E-state index in [4.69, 9.17) is 16.0 Å². The van der Waals surface area contributed by atoms with Crippen LogP contribution in [-0.4, -0.2) is 35.8 Å². The minimum Gasteiger partial charge on any atom is -0.440 e. The van der Waals surface area contributed by atoms with Gasteiger partial charge in [0.25, 0.3) is 5.91 Å². The highest BCUT2D eigenvalue weighted by Crippen LogP contribution is 2.15. The summed E-state index contributed by atoms with van der Waals surface area (Å²) in [5.74, 6) is 0.0368. The molecule has 1 aromatic heterocycles. The molecule has 0 aromatic carbocycles. The van der Waals surface area contributed by atoms with Crippen molar-refractivity contribution in [2.75, 3.05) is 13.1 Å².